The number of benzene rings is 1. The van der Waals surface area contributed by atoms with Crippen LogP contribution in [0.1, 0.15) is 0 Å². The highest BCUT2D eigenvalue weighted by Gasteiger charge is 2.92. The Bertz CT molecular complexity index is 859. The van der Waals surface area contributed by atoms with Crippen LogP contribution < -0.4 is 0 Å². The van der Waals surface area contributed by atoms with E-state index in [1.807, 2.05) is 0 Å². The van der Waals surface area contributed by atoms with Crippen molar-refractivity contribution >= 4 is 21.4 Å². The first kappa shape index (κ1) is 25.6. The van der Waals surface area contributed by atoms with E-state index >= 15 is 0 Å². The zero-order chi connectivity index (χ0) is 23.5. The fraction of sp³-hybridized carbons (Fsp3) is 0.500. The average molecular weight is 495 g/mol. The van der Waals surface area contributed by atoms with Crippen LogP contribution >= 0.6 is 11.6 Å². The van der Waals surface area contributed by atoms with Gasteiger partial charge in [0.15, 0.2) is 0 Å². The van der Waals surface area contributed by atoms with Crippen LogP contribution in [0.5, 0.6) is 0 Å². The quantitative estimate of drug-likeness (QED) is 0.468. The van der Waals surface area contributed by atoms with E-state index in [0.29, 0.717) is 12.1 Å². The Kier molecular flexibility index (Phi) is 5.98. The molecule has 29 heavy (non-hydrogen) atoms. The standard InChI is InChI=1S/C12H4ClF13O2S/c13-5-1-3-6(4-2-5)29(27,28)12(25,26)10(20,21)8(16,17)7(14,15)9(18,19)11(22,23)24/h1-4H. The largest absolute Gasteiger partial charge is 0.460 e. The summed E-state index contributed by atoms with van der Waals surface area (Å²) in [4.78, 5) is -1.90. The fourth-order valence-electron chi connectivity index (χ4n) is 1.69. The van der Waals surface area contributed by atoms with Crippen molar-refractivity contribution in [3.05, 3.63) is 29.3 Å². The molecule has 0 atom stereocenters. The number of hydrogen-bond donors (Lipinski definition) is 0. The first-order chi connectivity index (χ1) is 12.5. The van der Waals surface area contributed by atoms with Gasteiger partial charge >= 0.3 is 35.1 Å². The number of hydrogen-bond acceptors (Lipinski definition) is 2. The van der Waals surface area contributed by atoms with Gasteiger partial charge in [-0.25, -0.2) is 8.42 Å². The number of sulfone groups is 1. The molecular formula is C12H4ClF13O2S. The first-order valence-electron chi connectivity index (χ1n) is 6.46. The van der Waals surface area contributed by atoms with Gasteiger partial charge in [0.1, 0.15) is 0 Å². The minimum atomic E-state index is -8.19. The molecule has 2 nitrogen and oxygen atoms in total. The molecule has 0 spiro atoms. The molecule has 0 aliphatic heterocycles. The molecule has 1 rings (SSSR count). The Morgan fingerprint density at radius 3 is 1.28 bits per heavy atom. The SMILES string of the molecule is O=S(=O)(c1ccc(Cl)cc1)C(F)(F)C(F)(F)C(F)(F)C(F)(F)C(F)(F)C(F)(F)F. The van der Waals surface area contributed by atoms with Gasteiger partial charge in [0.2, 0.25) is 9.84 Å². The van der Waals surface area contributed by atoms with Crippen molar-refractivity contribution in [3.63, 3.8) is 0 Å². The lowest BCUT2D eigenvalue weighted by Gasteiger charge is -2.39. The van der Waals surface area contributed by atoms with Gasteiger partial charge in [-0.15, -0.1) is 0 Å². The lowest BCUT2D eigenvalue weighted by molar-refractivity contribution is -0.433. The van der Waals surface area contributed by atoms with Gasteiger partial charge in [0.05, 0.1) is 4.90 Å². The highest BCUT2D eigenvalue weighted by molar-refractivity contribution is 7.92. The summed E-state index contributed by atoms with van der Waals surface area (Å²) < 4.78 is 192. The summed E-state index contributed by atoms with van der Waals surface area (Å²) in [6, 6.07) is 1.02. The molecule has 0 radical (unpaired) electrons. The molecular weight excluding hydrogens is 491 g/mol. The van der Waals surface area contributed by atoms with E-state index in [9.17, 15) is 65.5 Å². The van der Waals surface area contributed by atoms with Crippen LogP contribution in [-0.4, -0.2) is 43.5 Å². The average Bonchev–Trinajstić information content (AvgIpc) is 2.53. The molecule has 0 aromatic heterocycles. The van der Waals surface area contributed by atoms with Crippen LogP contribution in [-0.2, 0) is 9.84 Å². The molecule has 0 N–H and O–H groups in total. The third-order valence-corrected chi connectivity index (χ3v) is 5.44. The zero-order valence-corrected chi connectivity index (χ0v) is 14.4. The maximum absolute atomic E-state index is 13.8. The minimum absolute atomic E-state index is 0.0439. The predicted molar refractivity (Wildman–Crippen MR) is 69.4 cm³/mol. The minimum Gasteiger partial charge on any atom is -0.217 e. The van der Waals surface area contributed by atoms with E-state index in [4.69, 9.17) is 11.6 Å². The van der Waals surface area contributed by atoms with Crippen LogP contribution in [0.4, 0.5) is 57.1 Å². The smallest absolute Gasteiger partial charge is 0.217 e. The monoisotopic (exact) mass is 494 g/mol. The first-order valence-corrected chi connectivity index (χ1v) is 8.32. The van der Waals surface area contributed by atoms with Gasteiger partial charge in [-0.05, 0) is 24.3 Å². The third kappa shape index (κ3) is 3.41. The maximum Gasteiger partial charge on any atom is 0.460 e. The number of rotatable bonds is 6. The zero-order valence-electron chi connectivity index (χ0n) is 12.8. The van der Waals surface area contributed by atoms with Crippen LogP contribution in [0.25, 0.3) is 0 Å². The molecule has 0 amide bonds. The Hall–Kier alpha value is -1.45. The summed E-state index contributed by atoms with van der Waals surface area (Å²) in [6.07, 6.45) is -7.58. The van der Waals surface area contributed by atoms with Crippen molar-refractivity contribution in [2.24, 2.45) is 0 Å². The van der Waals surface area contributed by atoms with Crippen molar-refractivity contribution in [2.45, 2.75) is 40.0 Å². The van der Waals surface area contributed by atoms with Crippen LogP contribution in [0.2, 0.25) is 5.02 Å². The van der Waals surface area contributed by atoms with E-state index in [-0.39, 0.29) is 17.2 Å². The van der Waals surface area contributed by atoms with Crippen molar-refractivity contribution in [1.82, 2.24) is 0 Å². The molecule has 0 aliphatic carbocycles. The van der Waals surface area contributed by atoms with Gasteiger partial charge in [-0.2, -0.15) is 57.1 Å². The van der Waals surface area contributed by atoms with Gasteiger partial charge in [0.25, 0.3) is 0 Å². The van der Waals surface area contributed by atoms with Crippen LogP contribution in [0.3, 0.4) is 0 Å². The summed E-state index contributed by atoms with van der Waals surface area (Å²) in [5.74, 6) is -32.2. The highest BCUT2D eigenvalue weighted by atomic mass is 35.5. The molecule has 168 valence electrons. The molecule has 0 saturated heterocycles. The van der Waals surface area contributed by atoms with Crippen molar-refractivity contribution in [2.75, 3.05) is 0 Å². The van der Waals surface area contributed by atoms with E-state index in [2.05, 4.69) is 0 Å². The molecule has 0 fully saturated rings. The van der Waals surface area contributed by atoms with E-state index in [1.165, 1.54) is 0 Å². The Morgan fingerprint density at radius 1 is 0.586 bits per heavy atom. The van der Waals surface area contributed by atoms with E-state index < -0.39 is 49.9 Å². The normalized spacial score (nSPS) is 15.5. The molecule has 1 aromatic carbocycles. The van der Waals surface area contributed by atoms with Crippen LogP contribution in [0.15, 0.2) is 29.2 Å². The Balaban J connectivity index is 3.67. The number of alkyl halides is 13. The summed E-state index contributed by atoms with van der Waals surface area (Å²) in [7, 11) is -7.02. The molecule has 0 unspecified atom stereocenters. The lowest BCUT2D eigenvalue weighted by Crippen LogP contribution is -2.71. The topological polar surface area (TPSA) is 34.1 Å². The molecule has 1 aromatic rings. The van der Waals surface area contributed by atoms with Crippen molar-refractivity contribution < 1.29 is 65.5 Å². The number of halogens is 14. The molecule has 17 heteroatoms. The molecule has 0 saturated carbocycles. The summed E-state index contributed by atoms with van der Waals surface area (Å²) in [5.41, 5.74) is 0. The second-order valence-electron chi connectivity index (χ2n) is 5.27. The van der Waals surface area contributed by atoms with Gasteiger partial charge in [-0.3, -0.25) is 0 Å². The fourth-order valence-corrected chi connectivity index (χ4v) is 3.07. The third-order valence-electron chi connectivity index (χ3n) is 3.37. The highest BCUT2D eigenvalue weighted by Crippen LogP contribution is 2.61. The van der Waals surface area contributed by atoms with E-state index in [1.54, 1.807) is 0 Å². The predicted octanol–water partition coefficient (Wildman–Crippen LogP) is 5.81. The lowest BCUT2D eigenvalue weighted by atomic mass is 9.98. The van der Waals surface area contributed by atoms with Gasteiger partial charge in [-0.1, -0.05) is 11.6 Å². The van der Waals surface area contributed by atoms with E-state index in [0.717, 1.165) is 0 Å². The molecule has 0 aliphatic rings. The Labute approximate surface area is 157 Å². The van der Waals surface area contributed by atoms with Crippen molar-refractivity contribution in [3.8, 4) is 0 Å². The summed E-state index contributed by atoms with van der Waals surface area (Å²) in [6.45, 7) is 0. The molecule has 0 heterocycles. The second-order valence-corrected chi connectivity index (χ2v) is 7.70. The maximum atomic E-state index is 13.8. The molecule has 0 bridgehead atoms. The van der Waals surface area contributed by atoms with Crippen molar-refractivity contribution in [1.29, 1.82) is 0 Å². The Morgan fingerprint density at radius 2 is 0.931 bits per heavy atom. The second kappa shape index (κ2) is 6.78. The van der Waals surface area contributed by atoms with Crippen LogP contribution in [0, 0.1) is 0 Å². The summed E-state index contributed by atoms with van der Waals surface area (Å²) >= 11 is 5.25. The summed E-state index contributed by atoms with van der Waals surface area (Å²) in [5, 5.41) is -7.65. The van der Waals surface area contributed by atoms with Gasteiger partial charge in [0, 0.05) is 5.02 Å². The van der Waals surface area contributed by atoms with Gasteiger partial charge < -0.3 is 0 Å².